The molecule has 0 radical (unpaired) electrons. The van der Waals surface area contributed by atoms with Crippen LogP contribution in [-0.4, -0.2) is 31.1 Å². The topological polar surface area (TPSA) is 15.3 Å². The van der Waals surface area contributed by atoms with Crippen molar-refractivity contribution in [3.63, 3.8) is 0 Å². The molecule has 2 heteroatoms. The summed E-state index contributed by atoms with van der Waals surface area (Å²) in [7, 11) is 0. The maximum absolute atomic E-state index is 3.71. The second kappa shape index (κ2) is 9.95. The summed E-state index contributed by atoms with van der Waals surface area (Å²) >= 11 is 0. The Hall–Kier alpha value is -0.860. The van der Waals surface area contributed by atoms with E-state index < -0.39 is 0 Å². The average molecular weight is 276 g/mol. The molecule has 114 valence electrons. The molecule has 0 fully saturated rings. The first kappa shape index (κ1) is 17.2. The van der Waals surface area contributed by atoms with E-state index in [0.717, 1.165) is 13.1 Å². The normalized spacial score (nSPS) is 12.8. The van der Waals surface area contributed by atoms with Gasteiger partial charge in [0.1, 0.15) is 0 Å². The monoisotopic (exact) mass is 276 g/mol. The molecule has 2 nitrogen and oxygen atoms in total. The van der Waals surface area contributed by atoms with Crippen molar-refractivity contribution in [3.8, 4) is 0 Å². The van der Waals surface area contributed by atoms with Crippen LogP contribution in [0.4, 0.5) is 0 Å². The van der Waals surface area contributed by atoms with Crippen molar-refractivity contribution < 1.29 is 0 Å². The Bertz CT molecular complexity index is 339. The lowest BCUT2D eigenvalue weighted by Gasteiger charge is -2.28. The first-order valence-electron chi connectivity index (χ1n) is 8.23. The van der Waals surface area contributed by atoms with Gasteiger partial charge in [0.25, 0.3) is 0 Å². The molecular weight excluding hydrogens is 244 g/mol. The van der Waals surface area contributed by atoms with E-state index in [2.05, 4.69) is 62.2 Å². The van der Waals surface area contributed by atoms with Crippen molar-refractivity contribution in [3.05, 3.63) is 35.4 Å². The molecular formula is C18H32N2. The van der Waals surface area contributed by atoms with Crippen LogP contribution in [0.1, 0.15) is 57.2 Å². The third kappa shape index (κ3) is 6.06. The zero-order valence-corrected chi connectivity index (χ0v) is 13.8. The van der Waals surface area contributed by atoms with Crippen LogP contribution in [0.25, 0.3) is 0 Å². The van der Waals surface area contributed by atoms with Crippen LogP contribution in [0.3, 0.4) is 0 Å². The number of benzene rings is 1. The average Bonchev–Trinajstić information content (AvgIpc) is 2.45. The molecule has 0 saturated carbocycles. The van der Waals surface area contributed by atoms with E-state index in [4.69, 9.17) is 0 Å². The van der Waals surface area contributed by atoms with Crippen molar-refractivity contribution in [2.45, 2.75) is 53.0 Å². The van der Waals surface area contributed by atoms with Crippen LogP contribution in [-0.2, 0) is 0 Å². The molecule has 1 atom stereocenters. The van der Waals surface area contributed by atoms with Crippen molar-refractivity contribution in [1.82, 2.24) is 10.2 Å². The Balaban J connectivity index is 2.73. The van der Waals surface area contributed by atoms with Crippen LogP contribution in [0.5, 0.6) is 0 Å². The zero-order chi connectivity index (χ0) is 14.8. The Morgan fingerprint density at radius 1 is 0.950 bits per heavy atom. The van der Waals surface area contributed by atoms with Crippen LogP contribution in [0.15, 0.2) is 24.3 Å². The minimum absolute atomic E-state index is 0.452. The molecule has 0 aliphatic heterocycles. The van der Waals surface area contributed by atoms with Gasteiger partial charge in [0.15, 0.2) is 0 Å². The van der Waals surface area contributed by atoms with Gasteiger partial charge >= 0.3 is 0 Å². The first-order chi connectivity index (χ1) is 9.71. The minimum atomic E-state index is 0.452. The Morgan fingerprint density at radius 3 is 2.05 bits per heavy atom. The molecule has 0 bridgehead atoms. The fourth-order valence-electron chi connectivity index (χ4n) is 2.59. The predicted octanol–water partition coefficient (Wildman–Crippen LogP) is 4.16. The van der Waals surface area contributed by atoms with Gasteiger partial charge in [0.2, 0.25) is 0 Å². The van der Waals surface area contributed by atoms with E-state index in [-0.39, 0.29) is 0 Å². The molecule has 0 heterocycles. The van der Waals surface area contributed by atoms with Gasteiger partial charge in [0.05, 0.1) is 0 Å². The molecule has 1 rings (SSSR count). The van der Waals surface area contributed by atoms with Gasteiger partial charge in [0, 0.05) is 12.6 Å². The third-order valence-electron chi connectivity index (χ3n) is 3.64. The Kier molecular flexibility index (Phi) is 8.56. The number of rotatable bonds is 10. The maximum Gasteiger partial charge on any atom is 0.0449 e. The molecule has 0 saturated heterocycles. The number of hydrogen-bond acceptors (Lipinski definition) is 2. The molecule has 0 aliphatic carbocycles. The quantitative estimate of drug-likeness (QED) is 0.690. The maximum atomic E-state index is 3.71. The highest BCUT2D eigenvalue weighted by Gasteiger charge is 2.14. The highest BCUT2D eigenvalue weighted by atomic mass is 15.1. The van der Waals surface area contributed by atoms with Crippen molar-refractivity contribution in [2.75, 3.05) is 26.2 Å². The summed E-state index contributed by atoms with van der Waals surface area (Å²) in [5.74, 6) is 0. The zero-order valence-electron chi connectivity index (χ0n) is 13.8. The summed E-state index contributed by atoms with van der Waals surface area (Å²) in [5, 5.41) is 3.71. The van der Waals surface area contributed by atoms with Gasteiger partial charge in [-0.3, -0.25) is 0 Å². The summed E-state index contributed by atoms with van der Waals surface area (Å²) in [6.45, 7) is 13.5. The Morgan fingerprint density at radius 2 is 1.55 bits per heavy atom. The van der Waals surface area contributed by atoms with Gasteiger partial charge in [-0.05, 0) is 51.4 Å². The van der Waals surface area contributed by atoms with E-state index in [0.29, 0.717) is 6.04 Å². The van der Waals surface area contributed by atoms with E-state index in [9.17, 15) is 0 Å². The number of nitrogens with one attached hydrogen (secondary N) is 1. The van der Waals surface area contributed by atoms with Gasteiger partial charge in [-0.2, -0.15) is 0 Å². The highest BCUT2D eigenvalue weighted by Crippen LogP contribution is 2.16. The number of hydrogen-bond donors (Lipinski definition) is 1. The van der Waals surface area contributed by atoms with E-state index >= 15 is 0 Å². The van der Waals surface area contributed by atoms with Crippen LogP contribution in [0.2, 0.25) is 0 Å². The first-order valence-corrected chi connectivity index (χ1v) is 8.23. The summed E-state index contributed by atoms with van der Waals surface area (Å²) in [6.07, 6.45) is 3.65. The highest BCUT2D eigenvalue weighted by molar-refractivity contribution is 5.24. The van der Waals surface area contributed by atoms with E-state index in [1.54, 1.807) is 0 Å². The summed E-state index contributed by atoms with van der Waals surface area (Å²) in [5.41, 5.74) is 2.75. The molecule has 0 amide bonds. The van der Waals surface area contributed by atoms with Crippen molar-refractivity contribution >= 4 is 0 Å². The van der Waals surface area contributed by atoms with Gasteiger partial charge in [-0.25, -0.2) is 0 Å². The van der Waals surface area contributed by atoms with Crippen molar-refractivity contribution in [1.29, 1.82) is 0 Å². The van der Waals surface area contributed by atoms with Crippen LogP contribution in [0, 0.1) is 6.92 Å². The van der Waals surface area contributed by atoms with Gasteiger partial charge in [-0.1, -0.05) is 50.6 Å². The van der Waals surface area contributed by atoms with E-state index in [1.807, 2.05) is 0 Å². The molecule has 1 aromatic rings. The summed E-state index contributed by atoms with van der Waals surface area (Å²) < 4.78 is 0. The van der Waals surface area contributed by atoms with Crippen molar-refractivity contribution in [2.24, 2.45) is 0 Å². The van der Waals surface area contributed by atoms with Gasteiger partial charge in [-0.15, -0.1) is 0 Å². The summed E-state index contributed by atoms with van der Waals surface area (Å²) in [6, 6.07) is 9.45. The molecule has 0 aliphatic rings. The predicted molar refractivity (Wildman–Crippen MR) is 89.2 cm³/mol. The molecule has 1 aromatic carbocycles. The minimum Gasteiger partial charge on any atom is -0.309 e. The molecule has 1 N–H and O–H groups in total. The second-order valence-electron chi connectivity index (χ2n) is 5.72. The fraction of sp³-hybridized carbons (Fsp3) is 0.667. The second-order valence-corrected chi connectivity index (χ2v) is 5.72. The Labute approximate surface area is 125 Å². The lowest BCUT2D eigenvalue weighted by atomic mass is 10.0. The molecule has 0 aromatic heterocycles. The van der Waals surface area contributed by atoms with Gasteiger partial charge < -0.3 is 10.2 Å². The standard InChI is InChI=1S/C18H32N2/c1-5-12-19-18(15-20(13-6-2)14-7-3)17-10-8-16(4)9-11-17/h8-11,18-19H,5-7,12-15H2,1-4H3. The van der Waals surface area contributed by atoms with Crippen LogP contribution < -0.4 is 5.32 Å². The van der Waals surface area contributed by atoms with Crippen LogP contribution >= 0.6 is 0 Å². The summed E-state index contributed by atoms with van der Waals surface area (Å²) in [4.78, 5) is 2.59. The fourth-order valence-corrected chi connectivity index (χ4v) is 2.59. The largest absolute Gasteiger partial charge is 0.309 e. The number of nitrogens with zero attached hydrogens (tertiary/aromatic N) is 1. The SMILES string of the molecule is CCCNC(CN(CCC)CCC)c1ccc(C)cc1. The van der Waals surface area contributed by atoms with E-state index in [1.165, 1.54) is 43.5 Å². The molecule has 0 spiro atoms. The smallest absolute Gasteiger partial charge is 0.0449 e. The lowest BCUT2D eigenvalue weighted by Crippen LogP contribution is -2.36. The molecule has 1 unspecified atom stereocenters. The lowest BCUT2D eigenvalue weighted by molar-refractivity contribution is 0.243. The molecule has 20 heavy (non-hydrogen) atoms. The third-order valence-corrected chi connectivity index (χ3v) is 3.64. The number of aryl methyl sites for hydroxylation is 1.